The predicted octanol–water partition coefficient (Wildman–Crippen LogP) is 3.46. The Bertz CT molecular complexity index is 682. The van der Waals surface area contributed by atoms with Gasteiger partial charge in [0.05, 0.1) is 12.5 Å². The van der Waals surface area contributed by atoms with Gasteiger partial charge in [-0.15, -0.1) is 0 Å². The number of alkyl halides is 3. The molecular formula is C21H28F3NO5. The molecule has 0 amide bonds. The molecule has 1 saturated carbocycles. The summed E-state index contributed by atoms with van der Waals surface area (Å²) in [6.07, 6.45) is -0.309. The van der Waals surface area contributed by atoms with Gasteiger partial charge in [-0.3, -0.25) is 4.79 Å². The minimum atomic E-state index is -5.08. The number of carboxylic acid groups (broad SMARTS) is 2. The van der Waals surface area contributed by atoms with Crippen molar-refractivity contribution < 1.29 is 37.7 Å². The van der Waals surface area contributed by atoms with Gasteiger partial charge in [-0.25, -0.2) is 4.79 Å². The summed E-state index contributed by atoms with van der Waals surface area (Å²) in [6.45, 7) is 3.55. The van der Waals surface area contributed by atoms with E-state index in [4.69, 9.17) is 19.7 Å². The fraction of sp³-hybridized carbons (Fsp3) is 0.619. The van der Waals surface area contributed by atoms with Crippen LogP contribution in [0.5, 0.6) is 0 Å². The van der Waals surface area contributed by atoms with Crippen LogP contribution in [0.1, 0.15) is 37.7 Å². The summed E-state index contributed by atoms with van der Waals surface area (Å²) in [5.74, 6) is -2.89. The largest absolute Gasteiger partial charge is 0.490 e. The van der Waals surface area contributed by atoms with Crippen molar-refractivity contribution in [2.45, 2.75) is 43.7 Å². The van der Waals surface area contributed by atoms with Crippen molar-refractivity contribution in [3.05, 3.63) is 35.9 Å². The first-order chi connectivity index (χ1) is 14.1. The summed E-state index contributed by atoms with van der Waals surface area (Å²) in [4.78, 5) is 19.9. The predicted molar refractivity (Wildman–Crippen MR) is 103 cm³/mol. The number of rotatable bonds is 6. The summed E-state index contributed by atoms with van der Waals surface area (Å²) in [5.41, 5.74) is 1.46. The lowest BCUT2D eigenvalue weighted by Crippen LogP contribution is -2.41. The van der Waals surface area contributed by atoms with E-state index in [9.17, 15) is 18.0 Å². The molecule has 1 aromatic carbocycles. The Morgan fingerprint density at radius 1 is 1.10 bits per heavy atom. The maximum Gasteiger partial charge on any atom is 0.490 e. The van der Waals surface area contributed by atoms with Crippen molar-refractivity contribution in [1.82, 2.24) is 5.32 Å². The number of nitrogens with one attached hydrogen (secondary N) is 1. The Kier molecular flexibility index (Phi) is 8.66. The highest BCUT2D eigenvalue weighted by Gasteiger charge is 2.38. The second kappa shape index (κ2) is 10.8. The summed E-state index contributed by atoms with van der Waals surface area (Å²) in [5, 5.41) is 19.9. The number of hydrogen-bond acceptors (Lipinski definition) is 4. The second-order valence-electron chi connectivity index (χ2n) is 7.94. The summed E-state index contributed by atoms with van der Waals surface area (Å²) >= 11 is 0. The fourth-order valence-corrected chi connectivity index (χ4v) is 4.00. The van der Waals surface area contributed by atoms with E-state index in [0.29, 0.717) is 5.92 Å². The maximum atomic E-state index is 11.0. The molecule has 168 valence electrons. The molecule has 1 atom stereocenters. The minimum Gasteiger partial charge on any atom is -0.481 e. The number of carbonyl (C=O) groups is 2. The molecule has 3 N–H and O–H groups in total. The van der Waals surface area contributed by atoms with Gasteiger partial charge in [0.25, 0.3) is 0 Å². The van der Waals surface area contributed by atoms with Gasteiger partial charge in [0.2, 0.25) is 0 Å². The third-order valence-electron chi connectivity index (χ3n) is 5.82. The van der Waals surface area contributed by atoms with Crippen molar-refractivity contribution in [1.29, 1.82) is 0 Å². The van der Waals surface area contributed by atoms with Crippen LogP contribution in [0.15, 0.2) is 30.3 Å². The van der Waals surface area contributed by atoms with E-state index in [1.165, 1.54) is 5.56 Å². The molecule has 2 fully saturated rings. The number of aliphatic carboxylic acids is 2. The topological polar surface area (TPSA) is 95.9 Å². The molecule has 0 spiro atoms. The number of benzene rings is 1. The molecule has 1 heterocycles. The van der Waals surface area contributed by atoms with Gasteiger partial charge in [0.1, 0.15) is 0 Å². The van der Waals surface area contributed by atoms with Crippen molar-refractivity contribution in [3.8, 4) is 0 Å². The van der Waals surface area contributed by atoms with E-state index in [0.717, 1.165) is 58.4 Å². The third-order valence-corrected chi connectivity index (χ3v) is 5.82. The standard InChI is InChI=1S/C19H27NO3.C2HF3O2/c21-18(22)16-8-6-15(7-9-16)12-20-13-19(10-11-23-14-19)17-4-2-1-3-5-17;3-2(4,5)1(6)7/h1-5,15-16,20H,6-14H2,(H,21,22);(H,6,7). The van der Waals surface area contributed by atoms with Crippen molar-refractivity contribution in [2.24, 2.45) is 11.8 Å². The average molecular weight is 431 g/mol. The van der Waals surface area contributed by atoms with E-state index in [1.807, 2.05) is 0 Å². The van der Waals surface area contributed by atoms with Crippen LogP contribution in [0.2, 0.25) is 0 Å². The molecule has 3 rings (SSSR count). The lowest BCUT2D eigenvalue weighted by Gasteiger charge is -2.31. The van der Waals surface area contributed by atoms with Gasteiger partial charge in [0, 0.05) is 18.6 Å². The van der Waals surface area contributed by atoms with Gasteiger partial charge < -0.3 is 20.3 Å². The first-order valence-corrected chi connectivity index (χ1v) is 10.0. The van der Waals surface area contributed by atoms with Gasteiger partial charge in [-0.05, 0) is 50.1 Å². The first kappa shape index (κ1) is 24.1. The van der Waals surface area contributed by atoms with Gasteiger partial charge in [0.15, 0.2) is 0 Å². The van der Waals surface area contributed by atoms with E-state index in [1.54, 1.807) is 0 Å². The molecule has 1 aliphatic carbocycles. The molecule has 9 heteroatoms. The Labute approximate surface area is 173 Å². The summed E-state index contributed by atoms with van der Waals surface area (Å²) < 4.78 is 37.4. The first-order valence-electron chi connectivity index (χ1n) is 10.0. The molecule has 0 radical (unpaired) electrons. The zero-order valence-electron chi connectivity index (χ0n) is 16.7. The van der Waals surface area contributed by atoms with E-state index in [2.05, 4.69) is 35.6 Å². The maximum absolute atomic E-state index is 11.0. The molecule has 2 aliphatic rings. The molecule has 1 saturated heterocycles. The highest BCUT2D eigenvalue weighted by molar-refractivity contribution is 5.73. The molecule has 1 unspecified atom stereocenters. The van der Waals surface area contributed by atoms with Crippen LogP contribution in [0.3, 0.4) is 0 Å². The summed E-state index contributed by atoms with van der Waals surface area (Å²) in [7, 11) is 0. The van der Waals surface area contributed by atoms with Crippen LogP contribution in [0, 0.1) is 11.8 Å². The number of ether oxygens (including phenoxy) is 1. The summed E-state index contributed by atoms with van der Waals surface area (Å²) in [6, 6.07) is 10.7. The lowest BCUT2D eigenvalue weighted by molar-refractivity contribution is -0.192. The Morgan fingerprint density at radius 3 is 2.17 bits per heavy atom. The van der Waals surface area contributed by atoms with Crippen molar-refractivity contribution >= 4 is 11.9 Å². The second-order valence-corrected chi connectivity index (χ2v) is 7.94. The highest BCUT2D eigenvalue weighted by atomic mass is 19.4. The Hall–Kier alpha value is -2.13. The van der Waals surface area contributed by atoms with Crippen LogP contribution in [0.4, 0.5) is 13.2 Å². The Balaban J connectivity index is 0.000000396. The lowest BCUT2D eigenvalue weighted by atomic mass is 9.79. The molecular weight excluding hydrogens is 403 g/mol. The Morgan fingerprint density at radius 2 is 1.70 bits per heavy atom. The third kappa shape index (κ3) is 6.98. The molecule has 30 heavy (non-hydrogen) atoms. The average Bonchev–Trinajstić information content (AvgIpc) is 3.19. The SMILES string of the molecule is O=C(O)C(F)(F)F.O=C(O)C1CCC(CNCC2(c3ccccc3)CCOC2)CC1. The van der Waals surface area contributed by atoms with Crippen LogP contribution in [-0.4, -0.2) is 54.6 Å². The minimum absolute atomic E-state index is 0.0968. The van der Waals surface area contributed by atoms with Crippen LogP contribution < -0.4 is 5.32 Å². The fourth-order valence-electron chi connectivity index (χ4n) is 4.00. The van der Waals surface area contributed by atoms with Crippen molar-refractivity contribution in [3.63, 3.8) is 0 Å². The molecule has 0 aromatic heterocycles. The molecule has 0 bridgehead atoms. The van der Waals surface area contributed by atoms with Crippen LogP contribution in [0.25, 0.3) is 0 Å². The van der Waals surface area contributed by atoms with Gasteiger partial charge in [-0.2, -0.15) is 13.2 Å². The van der Waals surface area contributed by atoms with E-state index < -0.39 is 18.1 Å². The molecule has 6 nitrogen and oxygen atoms in total. The van der Waals surface area contributed by atoms with Crippen LogP contribution >= 0.6 is 0 Å². The van der Waals surface area contributed by atoms with Gasteiger partial charge >= 0.3 is 18.1 Å². The van der Waals surface area contributed by atoms with Crippen molar-refractivity contribution in [2.75, 3.05) is 26.3 Å². The normalized spacial score (nSPS) is 26.5. The number of carboxylic acids is 2. The quantitative estimate of drug-likeness (QED) is 0.639. The highest BCUT2D eigenvalue weighted by Crippen LogP contribution is 2.33. The smallest absolute Gasteiger partial charge is 0.481 e. The van der Waals surface area contributed by atoms with E-state index >= 15 is 0 Å². The van der Waals surface area contributed by atoms with Crippen LogP contribution in [-0.2, 0) is 19.7 Å². The molecule has 1 aliphatic heterocycles. The monoisotopic (exact) mass is 431 g/mol. The van der Waals surface area contributed by atoms with Gasteiger partial charge in [-0.1, -0.05) is 30.3 Å². The van der Waals surface area contributed by atoms with E-state index in [-0.39, 0.29) is 11.3 Å². The number of hydrogen-bond donors (Lipinski definition) is 3. The zero-order chi connectivity index (χ0) is 22.2. The number of halogens is 3. The molecule has 1 aromatic rings. The zero-order valence-corrected chi connectivity index (χ0v) is 16.7.